The van der Waals surface area contributed by atoms with Crippen molar-refractivity contribution in [2.45, 2.75) is 38.1 Å². The Labute approximate surface area is 123 Å². The zero-order chi connectivity index (χ0) is 15.2. The Kier molecular flexibility index (Phi) is 5.03. The van der Waals surface area contributed by atoms with Crippen LogP contribution < -0.4 is 15.4 Å². The minimum atomic E-state index is -1.06. The van der Waals surface area contributed by atoms with Gasteiger partial charge in [-0.2, -0.15) is 0 Å². The number of aromatic carboxylic acids is 1. The van der Waals surface area contributed by atoms with Crippen molar-refractivity contribution >= 4 is 17.7 Å². The van der Waals surface area contributed by atoms with E-state index in [0.29, 0.717) is 5.69 Å². The normalized spacial score (nSPS) is 15.3. The van der Waals surface area contributed by atoms with Gasteiger partial charge in [-0.15, -0.1) is 0 Å². The monoisotopic (exact) mass is 292 g/mol. The summed E-state index contributed by atoms with van der Waals surface area (Å²) < 4.78 is 5.03. The molecule has 6 nitrogen and oxygen atoms in total. The van der Waals surface area contributed by atoms with Gasteiger partial charge in [0.1, 0.15) is 11.3 Å². The molecule has 6 heteroatoms. The van der Waals surface area contributed by atoms with Crippen LogP contribution in [-0.4, -0.2) is 30.3 Å². The molecule has 0 atom stereocenters. The fraction of sp³-hybridized carbons (Fsp3) is 0.467. The number of hydrogen-bond donors (Lipinski definition) is 3. The van der Waals surface area contributed by atoms with E-state index in [0.717, 1.165) is 25.7 Å². The summed E-state index contributed by atoms with van der Waals surface area (Å²) in [5.41, 5.74) is 0.570. The van der Waals surface area contributed by atoms with Crippen LogP contribution in [0.2, 0.25) is 0 Å². The fourth-order valence-electron chi connectivity index (χ4n) is 2.55. The minimum absolute atomic E-state index is 0.0655. The highest BCUT2D eigenvalue weighted by molar-refractivity contribution is 5.94. The minimum Gasteiger partial charge on any atom is -0.496 e. The molecule has 1 saturated carbocycles. The number of carboxylic acid groups (broad SMARTS) is 1. The van der Waals surface area contributed by atoms with Gasteiger partial charge >= 0.3 is 12.0 Å². The molecule has 0 unspecified atom stereocenters. The van der Waals surface area contributed by atoms with E-state index in [-0.39, 0.29) is 23.4 Å². The van der Waals surface area contributed by atoms with E-state index in [2.05, 4.69) is 10.6 Å². The maximum absolute atomic E-state index is 11.9. The SMILES string of the molecule is COc1cc(NC(=O)NC2CCCCC2)ccc1C(=O)O. The number of amides is 2. The number of nitrogens with one attached hydrogen (secondary N) is 2. The molecule has 1 fully saturated rings. The highest BCUT2D eigenvalue weighted by Crippen LogP contribution is 2.23. The lowest BCUT2D eigenvalue weighted by Crippen LogP contribution is -2.39. The molecule has 0 aliphatic heterocycles. The van der Waals surface area contributed by atoms with Crippen LogP contribution in [-0.2, 0) is 0 Å². The van der Waals surface area contributed by atoms with Crippen molar-refractivity contribution in [1.29, 1.82) is 0 Å². The zero-order valence-electron chi connectivity index (χ0n) is 12.0. The van der Waals surface area contributed by atoms with Crippen molar-refractivity contribution in [3.63, 3.8) is 0 Å². The molecule has 1 aromatic rings. The van der Waals surface area contributed by atoms with Crippen molar-refractivity contribution < 1.29 is 19.4 Å². The van der Waals surface area contributed by atoms with Gasteiger partial charge in [-0.05, 0) is 25.0 Å². The summed E-state index contributed by atoms with van der Waals surface area (Å²) in [5.74, 6) is -0.844. The van der Waals surface area contributed by atoms with E-state index in [9.17, 15) is 9.59 Å². The van der Waals surface area contributed by atoms with E-state index in [1.54, 1.807) is 6.07 Å². The second-order valence-electron chi connectivity index (χ2n) is 5.15. The number of urea groups is 1. The summed E-state index contributed by atoms with van der Waals surface area (Å²) in [4.78, 5) is 22.9. The number of rotatable bonds is 4. The Morgan fingerprint density at radius 1 is 1.24 bits per heavy atom. The highest BCUT2D eigenvalue weighted by Gasteiger charge is 2.16. The quantitative estimate of drug-likeness (QED) is 0.796. The first-order valence-electron chi connectivity index (χ1n) is 7.09. The van der Waals surface area contributed by atoms with E-state index in [4.69, 9.17) is 9.84 Å². The lowest BCUT2D eigenvalue weighted by atomic mass is 9.96. The topological polar surface area (TPSA) is 87.7 Å². The largest absolute Gasteiger partial charge is 0.496 e. The third-order valence-corrected chi connectivity index (χ3v) is 3.63. The van der Waals surface area contributed by atoms with Crippen LogP contribution in [0.15, 0.2) is 18.2 Å². The van der Waals surface area contributed by atoms with Crippen molar-refractivity contribution in [2.75, 3.05) is 12.4 Å². The van der Waals surface area contributed by atoms with Gasteiger partial charge in [0.2, 0.25) is 0 Å². The first-order valence-corrected chi connectivity index (χ1v) is 7.09. The van der Waals surface area contributed by atoms with Gasteiger partial charge in [0.15, 0.2) is 0 Å². The molecule has 3 N–H and O–H groups in total. The van der Waals surface area contributed by atoms with Gasteiger partial charge in [0.25, 0.3) is 0 Å². The molecule has 1 aliphatic rings. The number of carbonyl (C=O) groups excluding carboxylic acids is 1. The summed E-state index contributed by atoms with van der Waals surface area (Å²) in [6, 6.07) is 4.42. The Hall–Kier alpha value is -2.24. The van der Waals surface area contributed by atoms with Crippen LogP contribution in [0.25, 0.3) is 0 Å². The van der Waals surface area contributed by atoms with Gasteiger partial charge in [-0.25, -0.2) is 9.59 Å². The van der Waals surface area contributed by atoms with Crippen molar-refractivity contribution in [2.24, 2.45) is 0 Å². The van der Waals surface area contributed by atoms with E-state index < -0.39 is 5.97 Å². The number of methoxy groups -OCH3 is 1. The summed E-state index contributed by atoms with van der Waals surface area (Å²) in [6.45, 7) is 0. The first kappa shape index (κ1) is 15.2. The molecular formula is C15H20N2O4. The molecule has 0 heterocycles. The molecule has 1 aliphatic carbocycles. The molecule has 0 spiro atoms. The molecule has 21 heavy (non-hydrogen) atoms. The van der Waals surface area contributed by atoms with Gasteiger partial charge in [-0.1, -0.05) is 19.3 Å². The Morgan fingerprint density at radius 3 is 2.57 bits per heavy atom. The van der Waals surface area contributed by atoms with Gasteiger partial charge in [-0.3, -0.25) is 0 Å². The average Bonchev–Trinajstić information content (AvgIpc) is 2.47. The van der Waals surface area contributed by atoms with Crippen molar-refractivity contribution in [3.8, 4) is 5.75 Å². The molecular weight excluding hydrogens is 272 g/mol. The third kappa shape index (κ3) is 4.11. The number of benzene rings is 1. The van der Waals surface area contributed by atoms with Gasteiger partial charge in [0, 0.05) is 17.8 Å². The van der Waals surface area contributed by atoms with Crippen LogP contribution >= 0.6 is 0 Å². The van der Waals surface area contributed by atoms with Gasteiger partial charge < -0.3 is 20.5 Å². The molecule has 0 bridgehead atoms. The molecule has 2 amide bonds. The molecule has 0 radical (unpaired) electrons. The smallest absolute Gasteiger partial charge is 0.339 e. The number of anilines is 1. The second-order valence-corrected chi connectivity index (χ2v) is 5.15. The van der Waals surface area contributed by atoms with E-state index in [1.807, 2.05) is 0 Å². The Balaban J connectivity index is 1.98. The van der Waals surface area contributed by atoms with Gasteiger partial charge in [0.05, 0.1) is 7.11 Å². The molecule has 0 aromatic heterocycles. The predicted molar refractivity (Wildman–Crippen MR) is 79.0 cm³/mol. The Bertz CT molecular complexity index is 524. The third-order valence-electron chi connectivity index (χ3n) is 3.63. The number of carboxylic acids is 1. The Morgan fingerprint density at radius 2 is 1.95 bits per heavy atom. The summed E-state index contributed by atoms with van der Waals surface area (Å²) in [6.07, 6.45) is 5.54. The summed E-state index contributed by atoms with van der Waals surface area (Å²) >= 11 is 0. The van der Waals surface area contributed by atoms with Crippen LogP contribution in [0.3, 0.4) is 0 Å². The summed E-state index contributed by atoms with van der Waals surface area (Å²) in [5, 5.41) is 14.6. The van der Waals surface area contributed by atoms with Crippen LogP contribution in [0.5, 0.6) is 5.75 Å². The zero-order valence-corrected chi connectivity index (χ0v) is 12.0. The summed E-state index contributed by atoms with van der Waals surface area (Å²) in [7, 11) is 1.40. The number of hydrogen-bond acceptors (Lipinski definition) is 3. The molecule has 0 saturated heterocycles. The van der Waals surface area contributed by atoms with Crippen molar-refractivity contribution in [1.82, 2.24) is 5.32 Å². The van der Waals surface area contributed by atoms with Crippen LogP contribution in [0.1, 0.15) is 42.5 Å². The number of carbonyl (C=O) groups is 2. The number of ether oxygens (including phenoxy) is 1. The average molecular weight is 292 g/mol. The fourth-order valence-corrected chi connectivity index (χ4v) is 2.55. The maximum Gasteiger partial charge on any atom is 0.339 e. The predicted octanol–water partition coefficient (Wildman–Crippen LogP) is 2.85. The molecule has 2 rings (SSSR count). The highest BCUT2D eigenvalue weighted by atomic mass is 16.5. The standard InChI is InChI=1S/C15H20N2O4/c1-21-13-9-11(7-8-12(13)14(18)19)17-15(20)16-10-5-3-2-4-6-10/h7-10H,2-6H2,1H3,(H,18,19)(H2,16,17,20). The lowest BCUT2D eigenvalue weighted by molar-refractivity contribution is 0.0693. The first-order chi connectivity index (χ1) is 10.1. The van der Waals surface area contributed by atoms with Crippen LogP contribution in [0.4, 0.5) is 10.5 Å². The molecule has 1 aromatic carbocycles. The van der Waals surface area contributed by atoms with E-state index in [1.165, 1.54) is 25.7 Å². The second kappa shape index (κ2) is 6.97. The van der Waals surface area contributed by atoms with Crippen LogP contribution in [0, 0.1) is 0 Å². The lowest BCUT2D eigenvalue weighted by Gasteiger charge is -2.23. The molecule has 114 valence electrons. The van der Waals surface area contributed by atoms with E-state index >= 15 is 0 Å². The van der Waals surface area contributed by atoms with Crippen molar-refractivity contribution in [3.05, 3.63) is 23.8 Å². The maximum atomic E-state index is 11.9.